The minimum Gasteiger partial charge on any atom is -0.439 e. The van der Waals surface area contributed by atoms with Crippen molar-refractivity contribution in [1.82, 2.24) is 9.97 Å². The van der Waals surface area contributed by atoms with Crippen LogP contribution in [0.5, 0.6) is 11.6 Å². The number of ether oxygens (including phenoxy) is 1. The van der Waals surface area contributed by atoms with Crippen LogP contribution in [-0.4, -0.2) is 16.2 Å². The fourth-order valence-electron chi connectivity index (χ4n) is 1.32. The predicted molar refractivity (Wildman–Crippen MR) is 77.8 cm³/mol. The monoisotopic (exact) mass is 344 g/mol. The summed E-state index contributed by atoms with van der Waals surface area (Å²) in [5, 5.41) is 0.960. The van der Waals surface area contributed by atoms with E-state index in [-0.39, 0.29) is 0 Å². The molecular formula is C12H10BrClN2OS. The van der Waals surface area contributed by atoms with Crippen LogP contribution in [0.3, 0.4) is 0 Å². The quantitative estimate of drug-likeness (QED) is 0.458. The van der Waals surface area contributed by atoms with Crippen molar-refractivity contribution >= 4 is 39.3 Å². The maximum absolute atomic E-state index is 5.91. The summed E-state index contributed by atoms with van der Waals surface area (Å²) in [6.07, 6.45) is 1.89. The number of rotatable bonds is 3. The summed E-state index contributed by atoms with van der Waals surface area (Å²) in [7, 11) is 0. The Hall–Kier alpha value is -0.780. The van der Waals surface area contributed by atoms with Gasteiger partial charge in [-0.25, -0.2) is 4.98 Å². The van der Waals surface area contributed by atoms with Crippen LogP contribution in [0.4, 0.5) is 0 Å². The van der Waals surface area contributed by atoms with Gasteiger partial charge in [-0.3, -0.25) is 0 Å². The highest BCUT2D eigenvalue weighted by molar-refractivity contribution is 9.10. The molecule has 0 bridgehead atoms. The fourth-order valence-corrected chi connectivity index (χ4v) is 2.25. The van der Waals surface area contributed by atoms with Gasteiger partial charge in [0.1, 0.15) is 10.9 Å². The van der Waals surface area contributed by atoms with Gasteiger partial charge in [-0.05, 0) is 30.9 Å². The second-order valence-corrected chi connectivity index (χ2v) is 5.60. The molecule has 0 aliphatic rings. The standard InChI is InChI=1S/C12H10BrClN2OS/c1-7-3-4-8(13)5-9(7)17-11-6-10(14)15-12(16-11)18-2/h3-6H,1-2H3. The van der Waals surface area contributed by atoms with E-state index in [1.54, 1.807) is 6.07 Å². The molecule has 1 aromatic heterocycles. The molecule has 1 heterocycles. The zero-order chi connectivity index (χ0) is 13.1. The molecule has 2 rings (SSSR count). The number of nitrogens with zero attached hydrogens (tertiary/aromatic N) is 2. The summed E-state index contributed by atoms with van der Waals surface area (Å²) < 4.78 is 6.69. The van der Waals surface area contributed by atoms with Gasteiger partial charge in [0.15, 0.2) is 5.16 Å². The summed E-state index contributed by atoms with van der Waals surface area (Å²) in [6.45, 7) is 1.97. The molecule has 0 aliphatic carbocycles. The van der Waals surface area contributed by atoms with Gasteiger partial charge in [-0.1, -0.05) is 45.4 Å². The number of benzene rings is 1. The molecule has 1 aromatic carbocycles. The highest BCUT2D eigenvalue weighted by atomic mass is 79.9. The Morgan fingerprint density at radius 1 is 1.28 bits per heavy atom. The van der Waals surface area contributed by atoms with Crippen LogP contribution in [-0.2, 0) is 0 Å². The molecule has 0 N–H and O–H groups in total. The van der Waals surface area contributed by atoms with Gasteiger partial charge < -0.3 is 4.74 Å². The summed E-state index contributed by atoms with van der Waals surface area (Å²) in [5.41, 5.74) is 1.03. The SMILES string of the molecule is CSc1nc(Cl)cc(Oc2cc(Br)ccc2C)n1. The first-order valence-corrected chi connectivity index (χ1v) is 7.50. The zero-order valence-electron chi connectivity index (χ0n) is 9.78. The lowest BCUT2D eigenvalue weighted by atomic mass is 10.2. The van der Waals surface area contributed by atoms with Crippen molar-refractivity contribution in [3.63, 3.8) is 0 Å². The minimum atomic E-state index is 0.372. The van der Waals surface area contributed by atoms with Crippen molar-refractivity contribution in [1.29, 1.82) is 0 Å². The first-order chi connectivity index (χ1) is 8.58. The number of hydrogen-bond donors (Lipinski definition) is 0. The van der Waals surface area contributed by atoms with Crippen molar-refractivity contribution in [2.45, 2.75) is 12.1 Å². The van der Waals surface area contributed by atoms with Crippen molar-refractivity contribution in [3.8, 4) is 11.6 Å². The van der Waals surface area contributed by atoms with E-state index in [4.69, 9.17) is 16.3 Å². The van der Waals surface area contributed by atoms with Gasteiger partial charge in [0, 0.05) is 10.5 Å². The molecule has 0 aliphatic heterocycles. The second kappa shape index (κ2) is 5.91. The highest BCUT2D eigenvalue weighted by Gasteiger charge is 2.07. The third-order valence-corrected chi connectivity index (χ3v) is 3.43. The molecule has 3 nitrogen and oxygen atoms in total. The van der Waals surface area contributed by atoms with Gasteiger partial charge in [0.05, 0.1) is 0 Å². The zero-order valence-corrected chi connectivity index (χ0v) is 12.9. The Morgan fingerprint density at radius 3 is 2.78 bits per heavy atom. The lowest BCUT2D eigenvalue weighted by Crippen LogP contribution is -1.94. The number of halogens is 2. The Balaban J connectivity index is 2.33. The molecule has 18 heavy (non-hydrogen) atoms. The maximum Gasteiger partial charge on any atom is 0.224 e. The normalized spacial score (nSPS) is 10.4. The third-order valence-electron chi connectivity index (χ3n) is 2.20. The molecule has 0 radical (unpaired) electrons. The molecule has 0 saturated heterocycles. The van der Waals surface area contributed by atoms with E-state index in [9.17, 15) is 0 Å². The largest absolute Gasteiger partial charge is 0.439 e. The predicted octanol–water partition coefficient (Wildman–Crippen LogP) is 4.72. The van der Waals surface area contributed by atoms with Gasteiger partial charge in [-0.2, -0.15) is 4.98 Å². The van der Waals surface area contributed by atoms with E-state index >= 15 is 0 Å². The van der Waals surface area contributed by atoms with Gasteiger partial charge in [-0.15, -0.1) is 0 Å². The second-order valence-electron chi connectivity index (χ2n) is 3.53. The molecule has 2 aromatic rings. The Kier molecular flexibility index (Phi) is 4.48. The van der Waals surface area contributed by atoms with Gasteiger partial charge in [0.2, 0.25) is 5.88 Å². The van der Waals surface area contributed by atoms with Crippen molar-refractivity contribution in [2.24, 2.45) is 0 Å². The Labute approximate surface area is 123 Å². The van der Waals surface area contributed by atoms with E-state index in [0.29, 0.717) is 16.2 Å². The van der Waals surface area contributed by atoms with Crippen molar-refractivity contribution in [3.05, 3.63) is 39.5 Å². The van der Waals surface area contributed by atoms with E-state index in [2.05, 4.69) is 25.9 Å². The first kappa shape index (κ1) is 13.6. The van der Waals surface area contributed by atoms with Crippen molar-refractivity contribution in [2.75, 3.05) is 6.26 Å². The van der Waals surface area contributed by atoms with E-state index in [0.717, 1.165) is 15.8 Å². The summed E-state index contributed by atoms with van der Waals surface area (Å²) >= 11 is 10.7. The Bertz CT molecular complexity index is 580. The van der Waals surface area contributed by atoms with Gasteiger partial charge >= 0.3 is 0 Å². The molecule has 6 heteroatoms. The number of thioether (sulfide) groups is 1. The number of aryl methyl sites for hydroxylation is 1. The number of aromatic nitrogens is 2. The van der Waals surface area contributed by atoms with Crippen LogP contribution in [0.25, 0.3) is 0 Å². The van der Waals surface area contributed by atoms with Gasteiger partial charge in [0.25, 0.3) is 0 Å². The summed E-state index contributed by atoms with van der Waals surface area (Å²) in [6, 6.07) is 7.42. The number of hydrogen-bond acceptors (Lipinski definition) is 4. The smallest absolute Gasteiger partial charge is 0.224 e. The molecule has 94 valence electrons. The van der Waals surface area contributed by atoms with Crippen LogP contribution < -0.4 is 4.74 Å². The Morgan fingerprint density at radius 2 is 2.06 bits per heavy atom. The van der Waals surface area contributed by atoms with Crippen LogP contribution >= 0.6 is 39.3 Å². The average Bonchev–Trinajstić information content (AvgIpc) is 2.33. The van der Waals surface area contributed by atoms with Crippen LogP contribution in [0.15, 0.2) is 33.9 Å². The van der Waals surface area contributed by atoms with E-state index < -0.39 is 0 Å². The summed E-state index contributed by atoms with van der Waals surface area (Å²) in [4.78, 5) is 8.31. The topological polar surface area (TPSA) is 35.0 Å². The molecule has 0 amide bonds. The molecule has 0 unspecified atom stereocenters. The van der Waals surface area contributed by atoms with Crippen LogP contribution in [0.2, 0.25) is 5.15 Å². The van der Waals surface area contributed by atoms with Crippen LogP contribution in [0, 0.1) is 6.92 Å². The van der Waals surface area contributed by atoms with E-state index in [1.807, 2.05) is 31.4 Å². The molecule has 0 saturated carbocycles. The minimum absolute atomic E-state index is 0.372. The van der Waals surface area contributed by atoms with Crippen LogP contribution in [0.1, 0.15) is 5.56 Å². The highest BCUT2D eigenvalue weighted by Crippen LogP contribution is 2.28. The first-order valence-electron chi connectivity index (χ1n) is 5.11. The third kappa shape index (κ3) is 3.37. The molecule has 0 atom stereocenters. The van der Waals surface area contributed by atoms with E-state index in [1.165, 1.54) is 11.8 Å². The molecule has 0 spiro atoms. The maximum atomic E-state index is 5.91. The summed E-state index contributed by atoms with van der Waals surface area (Å²) in [5.74, 6) is 1.19. The lowest BCUT2D eigenvalue weighted by molar-refractivity contribution is 0.452. The fraction of sp³-hybridized carbons (Fsp3) is 0.167. The average molecular weight is 346 g/mol. The molecule has 0 fully saturated rings. The van der Waals surface area contributed by atoms with Crippen molar-refractivity contribution < 1.29 is 4.74 Å². The molecular weight excluding hydrogens is 336 g/mol. The lowest BCUT2D eigenvalue weighted by Gasteiger charge is -2.09.